The van der Waals surface area contributed by atoms with Crippen molar-refractivity contribution in [3.63, 3.8) is 0 Å². The summed E-state index contributed by atoms with van der Waals surface area (Å²) in [7, 11) is 0. The second kappa shape index (κ2) is 8.64. The second-order valence-electron chi connectivity index (χ2n) is 5.92. The van der Waals surface area contributed by atoms with Gasteiger partial charge in [0.25, 0.3) is 5.91 Å². The molecule has 3 aromatic carbocycles. The Morgan fingerprint density at radius 1 is 0.889 bits per heavy atom. The summed E-state index contributed by atoms with van der Waals surface area (Å²) in [4.78, 5) is 23.3. The van der Waals surface area contributed by atoms with Gasteiger partial charge in [0.1, 0.15) is 0 Å². The molecule has 0 saturated carbocycles. The van der Waals surface area contributed by atoms with Crippen molar-refractivity contribution in [3.05, 3.63) is 89.5 Å². The van der Waals surface area contributed by atoms with Gasteiger partial charge in [-0.15, -0.1) is 0 Å². The van der Waals surface area contributed by atoms with E-state index < -0.39 is 0 Å². The number of nitrogens with two attached hydrogens (primary N) is 1. The number of hydrogen-bond acceptors (Lipinski definition) is 5. The maximum absolute atomic E-state index is 12.3. The Morgan fingerprint density at radius 3 is 2.26 bits per heavy atom. The molecule has 136 valence electrons. The molecule has 0 atom stereocenters. The zero-order valence-electron chi connectivity index (χ0n) is 14.6. The topological polar surface area (TPSA) is 96.2 Å². The predicted octanol–water partition coefficient (Wildman–Crippen LogP) is 3.45. The predicted molar refractivity (Wildman–Crippen MR) is 108 cm³/mol. The van der Waals surface area contributed by atoms with E-state index in [0.29, 0.717) is 34.7 Å². The van der Waals surface area contributed by atoms with E-state index in [1.807, 2.05) is 42.5 Å². The van der Waals surface area contributed by atoms with Gasteiger partial charge in [0, 0.05) is 17.7 Å². The van der Waals surface area contributed by atoms with Crippen LogP contribution < -0.4 is 21.9 Å². The molecule has 0 radical (unpaired) electrons. The molecule has 0 spiro atoms. The fourth-order valence-corrected chi connectivity index (χ4v) is 2.53. The Morgan fingerprint density at radius 2 is 1.56 bits per heavy atom. The van der Waals surface area contributed by atoms with Crippen molar-refractivity contribution in [2.24, 2.45) is 0 Å². The van der Waals surface area contributed by atoms with E-state index in [1.54, 1.807) is 30.3 Å². The molecule has 3 rings (SSSR count). The maximum atomic E-state index is 12.3. The Bertz CT molecular complexity index is 939. The largest absolute Gasteiger partial charge is 0.397 e. The molecule has 0 heterocycles. The van der Waals surface area contributed by atoms with Gasteiger partial charge in [-0.25, -0.2) is 5.43 Å². The molecule has 0 aliphatic rings. The molecule has 0 aliphatic carbocycles. The van der Waals surface area contributed by atoms with Crippen LogP contribution >= 0.6 is 0 Å². The lowest BCUT2D eigenvalue weighted by atomic mass is 10.1. The molecule has 0 aromatic heterocycles. The minimum atomic E-state index is -0.217. The number of rotatable bonds is 7. The van der Waals surface area contributed by atoms with Crippen LogP contribution in [0.25, 0.3) is 0 Å². The number of carbonyl (C=O) groups excluding carboxylic acids is 2. The van der Waals surface area contributed by atoms with Crippen LogP contribution in [0.15, 0.2) is 72.8 Å². The van der Waals surface area contributed by atoms with Crippen LogP contribution in [0, 0.1) is 0 Å². The van der Waals surface area contributed by atoms with Crippen LogP contribution in [0.2, 0.25) is 0 Å². The summed E-state index contributed by atoms with van der Waals surface area (Å²) in [5.74, 6) is -0.217. The normalized spacial score (nSPS) is 10.2. The van der Waals surface area contributed by atoms with Gasteiger partial charge in [-0.05, 0) is 42.0 Å². The van der Waals surface area contributed by atoms with Crippen LogP contribution in [0.1, 0.15) is 26.3 Å². The third-order valence-electron chi connectivity index (χ3n) is 4.03. The summed E-state index contributed by atoms with van der Waals surface area (Å²) in [5, 5.41) is 2.80. The highest BCUT2D eigenvalue weighted by atomic mass is 16.1. The lowest BCUT2D eigenvalue weighted by Crippen LogP contribution is -2.21. The van der Waals surface area contributed by atoms with Crippen molar-refractivity contribution in [2.75, 3.05) is 16.5 Å². The molecule has 3 aromatic rings. The third-order valence-corrected chi connectivity index (χ3v) is 4.03. The molecule has 0 unspecified atom stereocenters. The molecule has 0 fully saturated rings. The smallest absolute Gasteiger partial charge is 0.255 e. The highest BCUT2D eigenvalue weighted by Crippen LogP contribution is 2.18. The van der Waals surface area contributed by atoms with E-state index in [-0.39, 0.29) is 5.91 Å². The number of nitrogens with one attached hydrogen (secondary N) is 3. The first-order valence-electron chi connectivity index (χ1n) is 8.45. The SMILES string of the molecule is Nc1ccccc1NC(=O)c1ccc(CNNc2ccccc2C=O)cc1. The number of aldehydes is 1. The standard InChI is InChI=1S/C21H20N4O2/c22-18-6-2-4-8-20(18)24-21(27)16-11-9-15(10-12-16)13-23-25-19-7-3-1-5-17(19)14-26/h1-12,14,23,25H,13,22H2,(H,24,27). The lowest BCUT2D eigenvalue weighted by molar-refractivity contribution is 0.102. The van der Waals surface area contributed by atoms with Crippen molar-refractivity contribution in [2.45, 2.75) is 6.54 Å². The number of benzene rings is 3. The van der Waals surface area contributed by atoms with Crippen molar-refractivity contribution >= 4 is 29.3 Å². The van der Waals surface area contributed by atoms with Gasteiger partial charge in [0.05, 0.1) is 17.1 Å². The second-order valence-corrected chi connectivity index (χ2v) is 5.92. The molecule has 5 N–H and O–H groups in total. The van der Waals surface area contributed by atoms with Gasteiger partial charge in [-0.2, -0.15) is 0 Å². The van der Waals surface area contributed by atoms with Gasteiger partial charge in [-0.1, -0.05) is 36.4 Å². The number of amides is 1. The first kappa shape index (κ1) is 18.2. The highest BCUT2D eigenvalue weighted by Gasteiger charge is 2.07. The Hall–Kier alpha value is -3.64. The van der Waals surface area contributed by atoms with E-state index in [9.17, 15) is 9.59 Å². The van der Waals surface area contributed by atoms with E-state index in [0.717, 1.165) is 11.8 Å². The highest BCUT2D eigenvalue weighted by molar-refractivity contribution is 6.05. The Labute approximate surface area is 157 Å². The van der Waals surface area contributed by atoms with Gasteiger partial charge in [0.2, 0.25) is 0 Å². The van der Waals surface area contributed by atoms with Gasteiger partial charge in [0.15, 0.2) is 6.29 Å². The average molecular weight is 360 g/mol. The van der Waals surface area contributed by atoms with Gasteiger partial charge < -0.3 is 16.5 Å². The van der Waals surface area contributed by atoms with Crippen molar-refractivity contribution in [1.82, 2.24) is 5.43 Å². The van der Waals surface area contributed by atoms with Crippen molar-refractivity contribution in [3.8, 4) is 0 Å². The van der Waals surface area contributed by atoms with Crippen molar-refractivity contribution in [1.29, 1.82) is 0 Å². The number of anilines is 3. The number of carbonyl (C=O) groups is 2. The number of hydrazine groups is 1. The number of nitrogen functional groups attached to an aromatic ring is 1. The number of hydrogen-bond donors (Lipinski definition) is 4. The van der Waals surface area contributed by atoms with Gasteiger partial charge in [-0.3, -0.25) is 9.59 Å². The summed E-state index contributed by atoms with van der Waals surface area (Å²) in [6.07, 6.45) is 0.802. The fraction of sp³-hybridized carbons (Fsp3) is 0.0476. The molecule has 1 amide bonds. The van der Waals surface area contributed by atoms with Crippen LogP contribution in [-0.4, -0.2) is 12.2 Å². The summed E-state index contributed by atoms with van der Waals surface area (Å²) >= 11 is 0. The third kappa shape index (κ3) is 4.71. The monoisotopic (exact) mass is 360 g/mol. The molecule has 0 bridgehead atoms. The minimum Gasteiger partial charge on any atom is -0.397 e. The zero-order valence-corrected chi connectivity index (χ0v) is 14.6. The molecule has 0 saturated heterocycles. The molecule has 27 heavy (non-hydrogen) atoms. The summed E-state index contributed by atoms with van der Waals surface area (Å²) in [6.45, 7) is 0.528. The van der Waals surface area contributed by atoms with E-state index >= 15 is 0 Å². The molecule has 6 heteroatoms. The average Bonchev–Trinajstić information content (AvgIpc) is 2.70. The molecule has 0 aliphatic heterocycles. The fourth-order valence-electron chi connectivity index (χ4n) is 2.53. The van der Waals surface area contributed by atoms with Crippen LogP contribution in [-0.2, 0) is 6.54 Å². The summed E-state index contributed by atoms with van der Waals surface area (Å²) in [5.41, 5.74) is 15.9. The lowest BCUT2D eigenvalue weighted by Gasteiger charge is -2.11. The van der Waals surface area contributed by atoms with Crippen LogP contribution in [0.4, 0.5) is 17.1 Å². The number of para-hydroxylation sites is 3. The van der Waals surface area contributed by atoms with Crippen LogP contribution in [0.5, 0.6) is 0 Å². The Balaban J connectivity index is 1.56. The van der Waals surface area contributed by atoms with E-state index in [1.165, 1.54) is 0 Å². The van der Waals surface area contributed by atoms with E-state index in [4.69, 9.17) is 5.73 Å². The molecular formula is C21H20N4O2. The summed E-state index contributed by atoms with van der Waals surface area (Å²) < 4.78 is 0. The summed E-state index contributed by atoms with van der Waals surface area (Å²) in [6, 6.07) is 21.6. The van der Waals surface area contributed by atoms with Crippen LogP contribution in [0.3, 0.4) is 0 Å². The maximum Gasteiger partial charge on any atom is 0.255 e. The first-order valence-corrected chi connectivity index (χ1v) is 8.45. The zero-order chi connectivity index (χ0) is 19.1. The minimum absolute atomic E-state index is 0.217. The van der Waals surface area contributed by atoms with E-state index in [2.05, 4.69) is 16.2 Å². The Kier molecular flexibility index (Phi) is 5.81. The van der Waals surface area contributed by atoms with Gasteiger partial charge >= 0.3 is 0 Å². The quantitative estimate of drug-likeness (QED) is 0.294. The van der Waals surface area contributed by atoms with Crippen molar-refractivity contribution < 1.29 is 9.59 Å². The first-order chi connectivity index (χ1) is 13.2. The molecule has 6 nitrogen and oxygen atoms in total. The molecular weight excluding hydrogens is 340 g/mol.